The Labute approximate surface area is 119 Å². The molecule has 2 rings (SSSR count). The Morgan fingerprint density at radius 1 is 1.18 bits per heavy atom. The van der Waals surface area contributed by atoms with Gasteiger partial charge in [-0.15, -0.1) is 0 Å². The van der Waals surface area contributed by atoms with Crippen LogP contribution in [0, 0.1) is 3.57 Å². The molecule has 1 aromatic carbocycles. The van der Waals surface area contributed by atoms with Crippen molar-refractivity contribution in [2.75, 3.05) is 5.32 Å². The molecule has 0 saturated heterocycles. The van der Waals surface area contributed by atoms with Gasteiger partial charge in [-0.05, 0) is 59.0 Å². The lowest BCUT2D eigenvalue weighted by Crippen LogP contribution is -2.11. The fraction of sp³-hybridized carbons (Fsp3) is 0. The van der Waals surface area contributed by atoms with E-state index in [1.807, 2.05) is 36.4 Å². The van der Waals surface area contributed by atoms with Gasteiger partial charge in [-0.25, -0.2) is 0 Å². The molecule has 0 saturated carbocycles. The van der Waals surface area contributed by atoms with Gasteiger partial charge in [0.1, 0.15) is 4.99 Å². The Morgan fingerprint density at radius 3 is 2.53 bits per heavy atom. The van der Waals surface area contributed by atoms with Crippen LogP contribution in [0.2, 0.25) is 0 Å². The monoisotopic (exact) mass is 355 g/mol. The van der Waals surface area contributed by atoms with Crippen LogP contribution in [0.4, 0.5) is 11.4 Å². The first kappa shape index (κ1) is 12.3. The highest BCUT2D eigenvalue weighted by molar-refractivity contribution is 14.1. The molecule has 1 heterocycles. The third-order valence-electron chi connectivity index (χ3n) is 2.15. The molecule has 0 aliphatic carbocycles. The summed E-state index contributed by atoms with van der Waals surface area (Å²) in [4.78, 5) is 4.39. The van der Waals surface area contributed by atoms with Crippen LogP contribution in [-0.4, -0.2) is 9.97 Å². The molecule has 86 valence electrons. The van der Waals surface area contributed by atoms with Crippen molar-refractivity contribution in [3.63, 3.8) is 0 Å². The number of hydrogen-bond acceptors (Lipinski definition) is 3. The molecule has 0 spiro atoms. The maximum atomic E-state index is 5.54. The van der Waals surface area contributed by atoms with Crippen molar-refractivity contribution < 1.29 is 0 Å². The van der Waals surface area contributed by atoms with Crippen molar-refractivity contribution in [3.05, 3.63) is 51.9 Å². The Hall–Kier alpha value is -1.21. The lowest BCUT2D eigenvalue weighted by molar-refractivity contribution is 1.29. The molecule has 0 bridgehead atoms. The van der Waals surface area contributed by atoms with Gasteiger partial charge in [-0.2, -0.15) is 0 Å². The Morgan fingerprint density at radius 2 is 1.88 bits per heavy atom. The van der Waals surface area contributed by atoms with Crippen molar-refractivity contribution in [2.45, 2.75) is 0 Å². The molecule has 0 unspecified atom stereocenters. The van der Waals surface area contributed by atoms with E-state index < -0.39 is 0 Å². The summed E-state index contributed by atoms with van der Waals surface area (Å²) in [5.74, 6) is 0. The van der Waals surface area contributed by atoms with Gasteiger partial charge in [0.15, 0.2) is 0 Å². The maximum Gasteiger partial charge on any atom is 0.122 e. The van der Waals surface area contributed by atoms with Crippen molar-refractivity contribution in [1.82, 2.24) is 4.98 Å². The highest BCUT2D eigenvalue weighted by Crippen LogP contribution is 2.17. The summed E-state index contributed by atoms with van der Waals surface area (Å²) in [5.41, 5.74) is 8.10. The van der Waals surface area contributed by atoms with Gasteiger partial charge in [-0.3, -0.25) is 4.98 Å². The zero-order valence-electron chi connectivity index (χ0n) is 8.85. The van der Waals surface area contributed by atoms with Gasteiger partial charge < -0.3 is 11.1 Å². The molecule has 0 fully saturated rings. The molecule has 17 heavy (non-hydrogen) atoms. The minimum absolute atomic E-state index is 0.302. The summed E-state index contributed by atoms with van der Waals surface area (Å²) in [6.45, 7) is 0. The van der Waals surface area contributed by atoms with Gasteiger partial charge in [0.05, 0.1) is 5.69 Å². The zero-order chi connectivity index (χ0) is 12.3. The number of benzene rings is 1. The van der Waals surface area contributed by atoms with Crippen LogP contribution >= 0.6 is 34.8 Å². The average molecular weight is 355 g/mol. The Kier molecular flexibility index (Phi) is 3.90. The van der Waals surface area contributed by atoms with Crippen LogP contribution in [0.1, 0.15) is 5.69 Å². The number of hydrogen-bond donors (Lipinski definition) is 2. The quantitative estimate of drug-likeness (QED) is 0.656. The first-order valence-corrected chi connectivity index (χ1v) is 6.42. The molecule has 0 radical (unpaired) electrons. The fourth-order valence-electron chi connectivity index (χ4n) is 1.34. The summed E-state index contributed by atoms with van der Waals surface area (Å²) < 4.78 is 1.20. The van der Waals surface area contributed by atoms with E-state index in [0.717, 1.165) is 11.4 Å². The van der Waals surface area contributed by atoms with Crippen LogP contribution < -0.4 is 11.1 Å². The predicted octanol–water partition coefficient (Wildman–Crippen LogP) is 3.06. The summed E-state index contributed by atoms with van der Waals surface area (Å²) in [6.07, 6.45) is 1.68. The second kappa shape index (κ2) is 5.42. The number of pyridine rings is 1. The van der Waals surface area contributed by atoms with E-state index in [-0.39, 0.29) is 0 Å². The number of anilines is 2. The lowest BCUT2D eigenvalue weighted by atomic mass is 10.2. The number of rotatable bonds is 3. The largest absolute Gasteiger partial charge is 0.388 e. The number of nitrogens with zero attached hydrogens (tertiary/aromatic N) is 1. The van der Waals surface area contributed by atoms with Crippen molar-refractivity contribution >= 4 is 51.2 Å². The summed E-state index contributed by atoms with van der Waals surface area (Å²) in [7, 11) is 0. The van der Waals surface area contributed by atoms with Crippen LogP contribution in [-0.2, 0) is 0 Å². The fourth-order valence-corrected chi connectivity index (χ4v) is 1.81. The molecule has 3 N–H and O–H groups in total. The number of thiocarbonyl (C=S) groups is 1. The highest BCUT2D eigenvalue weighted by Gasteiger charge is 2.00. The minimum atomic E-state index is 0.302. The molecule has 1 aromatic heterocycles. The minimum Gasteiger partial charge on any atom is -0.388 e. The number of nitrogens with one attached hydrogen (secondary N) is 1. The van der Waals surface area contributed by atoms with Gasteiger partial charge in [0, 0.05) is 21.1 Å². The first-order valence-electron chi connectivity index (χ1n) is 4.93. The Balaban J connectivity index is 2.21. The van der Waals surface area contributed by atoms with Gasteiger partial charge in [0.25, 0.3) is 0 Å². The second-order valence-electron chi connectivity index (χ2n) is 3.43. The normalized spacial score (nSPS) is 9.94. The molecule has 3 nitrogen and oxygen atoms in total. The van der Waals surface area contributed by atoms with Crippen LogP contribution in [0.15, 0.2) is 42.6 Å². The second-order valence-corrected chi connectivity index (χ2v) is 5.11. The summed E-state index contributed by atoms with van der Waals surface area (Å²) in [6, 6.07) is 11.8. The molecule has 0 amide bonds. The number of halogens is 1. The lowest BCUT2D eigenvalue weighted by Gasteiger charge is -2.07. The van der Waals surface area contributed by atoms with E-state index in [2.05, 4.69) is 32.9 Å². The Bertz CT molecular complexity index is 540. The summed E-state index contributed by atoms with van der Waals surface area (Å²) >= 11 is 7.16. The third kappa shape index (κ3) is 3.37. The number of nitrogens with two attached hydrogens (primary N) is 1. The molecule has 2 aromatic rings. The topological polar surface area (TPSA) is 50.9 Å². The molecule has 5 heteroatoms. The van der Waals surface area contributed by atoms with E-state index in [1.54, 1.807) is 6.20 Å². The standard InChI is InChI=1S/C12H10IN3S/c13-8-1-3-9(4-2-8)16-10-5-6-15-11(7-10)12(14)17/h1-7H,(H2,14,17)(H,15,16). The average Bonchev–Trinajstić information content (AvgIpc) is 2.32. The van der Waals surface area contributed by atoms with Gasteiger partial charge in [-0.1, -0.05) is 12.2 Å². The number of aromatic nitrogens is 1. The molecule has 0 aliphatic rings. The van der Waals surface area contributed by atoms with Gasteiger partial charge >= 0.3 is 0 Å². The van der Waals surface area contributed by atoms with Gasteiger partial charge in [0.2, 0.25) is 0 Å². The highest BCUT2D eigenvalue weighted by atomic mass is 127. The van der Waals surface area contributed by atoms with E-state index in [1.165, 1.54) is 3.57 Å². The molecular weight excluding hydrogens is 345 g/mol. The zero-order valence-corrected chi connectivity index (χ0v) is 11.8. The molecular formula is C12H10IN3S. The van der Waals surface area contributed by atoms with Crippen LogP contribution in [0.5, 0.6) is 0 Å². The summed E-state index contributed by atoms with van der Waals surface area (Å²) in [5, 5.41) is 3.27. The van der Waals surface area contributed by atoms with Crippen molar-refractivity contribution in [3.8, 4) is 0 Å². The maximum absolute atomic E-state index is 5.54. The smallest absolute Gasteiger partial charge is 0.122 e. The first-order chi connectivity index (χ1) is 8.15. The van der Waals surface area contributed by atoms with E-state index >= 15 is 0 Å². The van der Waals surface area contributed by atoms with Crippen LogP contribution in [0.3, 0.4) is 0 Å². The van der Waals surface area contributed by atoms with Crippen molar-refractivity contribution in [1.29, 1.82) is 0 Å². The van der Waals surface area contributed by atoms with E-state index in [4.69, 9.17) is 18.0 Å². The van der Waals surface area contributed by atoms with Crippen LogP contribution in [0.25, 0.3) is 0 Å². The van der Waals surface area contributed by atoms with E-state index in [0.29, 0.717) is 10.7 Å². The third-order valence-corrected chi connectivity index (χ3v) is 3.07. The molecule has 0 aliphatic heterocycles. The SMILES string of the molecule is NC(=S)c1cc(Nc2ccc(I)cc2)ccn1. The molecule has 0 atom stereocenters. The van der Waals surface area contributed by atoms with E-state index in [9.17, 15) is 0 Å². The predicted molar refractivity (Wildman–Crippen MR) is 82.6 cm³/mol. The van der Waals surface area contributed by atoms with Crippen molar-refractivity contribution in [2.24, 2.45) is 5.73 Å².